The predicted octanol–water partition coefficient (Wildman–Crippen LogP) is 5.07. The van der Waals surface area contributed by atoms with E-state index in [1.54, 1.807) is 4.90 Å². The van der Waals surface area contributed by atoms with Crippen LogP contribution in [0.5, 0.6) is 0 Å². The molecule has 0 spiro atoms. The Morgan fingerprint density at radius 1 is 1.11 bits per heavy atom. The number of rotatable bonds is 7. The van der Waals surface area contributed by atoms with Crippen molar-refractivity contribution in [1.29, 1.82) is 0 Å². The molecule has 1 fully saturated rings. The van der Waals surface area contributed by atoms with Gasteiger partial charge in [-0.3, -0.25) is 4.79 Å². The van der Waals surface area contributed by atoms with Gasteiger partial charge in [0, 0.05) is 45.2 Å². The molecule has 1 amide bonds. The number of imidazole rings is 1. The fraction of sp³-hybridized carbons (Fsp3) is 0.400. The van der Waals surface area contributed by atoms with Gasteiger partial charge in [-0.15, -0.1) is 0 Å². The first kappa shape index (κ1) is 25.9. The van der Waals surface area contributed by atoms with E-state index in [1.807, 2.05) is 64.5 Å². The summed E-state index contributed by atoms with van der Waals surface area (Å²) in [6.45, 7) is 8.16. The van der Waals surface area contributed by atoms with E-state index in [1.165, 1.54) is 0 Å². The molecule has 0 atom stereocenters. The molecular formula is C30H36N6O2. The van der Waals surface area contributed by atoms with Crippen molar-refractivity contribution >= 4 is 22.5 Å². The van der Waals surface area contributed by atoms with Gasteiger partial charge in [-0.25, -0.2) is 15.0 Å². The Morgan fingerprint density at radius 2 is 1.89 bits per heavy atom. The summed E-state index contributed by atoms with van der Waals surface area (Å²) in [5.74, 6) is 0.947. The van der Waals surface area contributed by atoms with E-state index in [4.69, 9.17) is 14.7 Å². The van der Waals surface area contributed by atoms with Crippen LogP contribution in [0.25, 0.3) is 22.3 Å². The third kappa shape index (κ3) is 5.27. The smallest absolute Gasteiger partial charge is 0.254 e. The first-order valence-electron chi connectivity index (χ1n) is 13.3. The maximum absolute atomic E-state index is 13.8. The summed E-state index contributed by atoms with van der Waals surface area (Å²) in [6.07, 6.45) is 4.68. The number of benzene rings is 1. The number of carbonyl (C=O) groups is 1. The highest BCUT2D eigenvalue weighted by Gasteiger charge is 2.21. The molecule has 198 valence electrons. The normalized spacial score (nSPS) is 14.1. The number of nitrogens with zero attached hydrogens (tertiary/aromatic N) is 5. The van der Waals surface area contributed by atoms with Crippen molar-refractivity contribution in [3.63, 3.8) is 0 Å². The second-order valence-corrected chi connectivity index (χ2v) is 10.2. The number of anilines is 1. The molecular weight excluding hydrogens is 476 g/mol. The minimum atomic E-state index is -0.0574. The molecule has 1 saturated heterocycles. The summed E-state index contributed by atoms with van der Waals surface area (Å²) >= 11 is 0. The Hall–Kier alpha value is -3.78. The minimum absolute atomic E-state index is 0.0574. The van der Waals surface area contributed by atoms with E-state index < -0.39 is 0 Å². The van der Waals surface area contributed by atoms with Gasteiger partial charge in [-0.05, 0) is 57.0 Å². The van der Waals surface area contributed by atoms with E-state index in [-0.39, 0.29) is 5.91 Å². The quantitative estimate of drug-likeness (QED) is 0.372. The minimum Gasteiger partial charge on any atom is -0.381 e. The lowest BCUT2D eigenvalue weighted by Gasteiger charge is -2.25. The standard InChI is InChI=1S/C30H36N6O2/c1-6-29-31-17-22(36(29)5)18-35(4)30(37)24-16-28(34-26-8-7-19(2)15-23(24)26)27-10-9-25(20(3)32-27)33-21-11-13-38-14-12-21/h7-10,15-17,21,33H,6,11-14,18H2,1-5H3. The van der Waals surface area contributed by atoms with Crippen molar-refractivity contribution in [2.24, 2.45) is 7.05 Å². The number of pyridine rings is 2. The van der Waals surface area contributed by atoms with Gasteiger partial charge in [0.1, 0.15) is 5.82 Å². The van der Waals surface area contributed by atoms with Crippen LogP contribution in [0.15, 0.2) is 42.6 Å². The number of nitrogens with one attached hydrogen (secondary N) is 1. The molecule has 8 nitrogen and oxygen atoms in total. The van der Waals surface area contributed by atoms with E-state index in [0.29, 0.717) is 23.8 Å². The first-order chi connectivity index (χ1) is 18.3. The largest absolute Gasteiger partial charge is 0.381 e. The third-order valence-corrected chi connectivity index (χ3v) is 7.37. The number of hydrogen-bond donors (Lipinski definition) is 1. The average molecular weight is 513 g/mol. The molecule has 1 aliphatic heterocycles. The van der Waals surface area contributed by atoms with Crippen LogP contribution in [0, 0.1) is 13.8 Å². The zero-order valence-electron chi connectivity index (χ0n) is 22.9. The highest BCUT2D eigenvalue weighted by molar-refractivity contribution is 6.07. The lowest BCUT2D eigenvalue weighted by Crippen LogP contribution is -2.28. The van der Waals surface area contributed by atoms with E-state index in [0.717, 1.165) is 77.5 Å². The van der Waals surface area contributed by atoms with Gasteiger partial charge in [0.2, 0.25) is 0 Å². The zero-order chi connectivity index (χ0) is 26.8. The van der Waals surface area contributed by atoms with Crippen molar-refractivity contribution in [2.75, 3.05) is 25.6 Å². The average Bonchev–Trinajstić information content (AvgIpc) is 3.28. The number of fused-ring (bicyclic) bond motifs is 1. The van der Waals surface area contributed by atoms with Crippen molar-refractivity contribution in [3.8, 4) is 11.4 Å². The van der Waals surface area contributed by atoms with Crippen LogP contribution < -0.4 is 5.32 Å². The van der Waals surface area contributed by atoms with Gasteiger partial charge >= 0.3 is 0 Å². The summed E-state index contributed by atoms with van der Waals surface area (Å²) in [6, 6.07) is 12.4. The summed E-state index contributed by atoms with van der Waals surface area (Å²) in [4.78, 5) is 29.8. The van der Waals surface area contributed by atoms with E-state index >= 15 is 0 Å². The Balaban J connectivity index is 1.48. The molecule has 0 unspecified atom stereocenters. The van der Waals surface area contributed by atoms with Crippen LogP contribution in [0.3, 0.4) is 0 Å². The van der Waals surface area contributed by atoms with Gasteiger partial charge in [0.25, 0.3) is 5.91 Å². The van der Waals surface area contributed by atoms with Gasteiger partial charge in [0.15, 0.2) is 0 Å². The van der Waals surface area contributed by atoms with Gasteiger partial charge < -0.3 is 19.5 Å². The summed E-state index contributed by atoms with van der Waals surface area (Å²) in [7, 11) is 3.83. The molecule has 1 aromatic carbocycles. The van der Waals surface area contributed by atoms with Crippen LogP contribution >= 0.6 is 0 Å². The number of aromatic nitrogens is 4. The number of ether oxygens (including phenoxy) is 1. The Labute approximate surface area is 224 Å². The zero-order valence-corrected chi connectivity index (χ0v) is 22.9. The molecule has 8 heteroatoms. The third-order valence-electron chi connectivity index (χ3n) is 7.37. The molecule has 4 aromatic rings. The summed E-state index contributed by atoms with van der Waals surface area (Å²) in [5, 5.41) is 4.46. The maximum atomic E-state index is 13.8. The molecule has 5 rings (SSSR count). The van der Waals surface area contributed by atoms with Crippen molar-refractivity contribution in [2.45, 2.75) is 52.6 Å². The monoisotopic (exact) mass is 512 g/mol. The topological polar surface area (TPSA) is 85.2 Å². The lowest BCUT2D eigenvalue weighted by atomic mass is 10.0. The summed E-state index contributed by atoms with van der Waals surface area (Å²) < 4.78 is 7.54. The molecule has 1 N–H and O–H groups in total. The van der Waals surface area contributed by atoms with Crippen LogP contribution in [0.1, 0.15) is 52.9 Å². The Morgan fingerprint density at radius 3 is 2.61 bits per heavy atom. The highest BCUT2D eigenvalue weighted by Crippen LogP contribution is 2.28. The Bertz CT molecular complexity index is 1470. The first-order valence-corrected chi connectivity index (χ1v) is 13.3. The second kappa shape index (κ2) is 10.9. The number of amides is 1. The molecule has 0 aliphatic carbocycles. The molecule has 38 heavy (non-hydrogen) atoms. The number of aryl methyl sites for hydroxylation is 3. The highest BCUT2D eigenvalue weighted by atomic mass is 16.5. The molecule has 4 heterocycles. The second-order valence-electron chi connectivity index (χ2n) is 10.2. The van der Waals surface area contributed by atoms with Crippen LogP contribution in [0.2, 0.25) is 0 Å². The number of hydrogen-bond acceptors (Lipinski definition) is 6. The van der Waals surface area contributed by atoms with Gasteiger partial charge in [0.05, 0.1) is 52.3 Å². The fourth-order valence-electron chi connectivity index (χ4n) is 5.05. The SMILES string of the molecule is CCc1ncc(CN(C)C(=O)c2cc(-c3ccc(NC4CCOCC4)c(C)n3)nc3ccc(C)cc23)n1C. The van der Waals surface area contributed by atoms with Crippen molar-refractivity contribution in [1.82, 2.24) is 24.4 Å². The van der Waals surface area contributed by atoms with Crippen molar-refractivity contribution in [3.05, 3.63) is 70.9 Å². The van der Waals surface area contributed by atoms with Crippen LogP contribution in [0.4, 0.5) is 5.69 Å². The van der Waals surface area contributed by atoms with E-state index in [9.17, 15) is 4.79 Å². The van der Waals surface area contributed by atoms with E-state index in [2.05, 4.69) is 27.9 Å². The van der Waals surface area contributed by atoms with Gasteiger partial charge in [-0.1, -0.05) is 18.6 Å². The van der Waals surface area contributed by atoms with Crippen molar-refractivity contribution < 1.29 is 9.53 Å². The predicted molar refractivity (Wildman–Crippen MR) is 150 cm³/mol. The molecule has 3 aromatic heterocycles. The van der Waals surface area contributed by atoms with Crippen LogP contribution in [-0.2, 0) is 24.8 Å². The molecule has 0 radical (unpaired) electrons. The summed E-state index contributed by atoms with van der Waals surface area (Å²) in [5.41, 5.74) is 6.85. The lowest BCUT2D eigenvalue weighted by molar-refractivity contribution is 0.0784. The number of carbonyl (C=O) groups excluding carboxylic acids is 1. The molecule has 0 bridgehead atoms. The maximum Gasteiger partial charge on any atom is 0.254 e. The van der Waals surface area contributed by atoms with Gasteiger partial charge in [-0.2, -0.15) is 0 Å². The molecule has 0 saturated carbocycles. The van der Waals surface area contributed by atoms with Crippen LogP contribution in [-0.4, -0.2) is 56.6 Å². The fourth-order valence-corrected chi connectivity index (χ4v) is 5.05. The Kier molecular flexibility index (Phi) is 7.42. The molecule has 1 aliphatic rings.